The molecule has 5 rings (SSSR count). The summed E-state index contributed by atoms with van der Waals surface area (Å²) in [6.07, 6.45) is -10.8. The van der Waals surface area contributed by atoms with Crippen molar-refractivity contribution in [1.29, 1.82) is 0 Å². The zero-order valence-corrected chi connectivity index (χ0v) is 22.2. The summed E-state index contributed by atoms with van der Waals surface area (Å²) in [5.41, 5.74) is 3.07. The van der Waals surface area contributed by atoms with Crippen LogP contribution >= 0.6 is 15.6 Å². The normalized spacial score (nSPS) is 35.4. The predicted octanol–water partition coefficient (Wildman–Crippen LogP) is 2.24. The molecule has 1 fully saturated rings. The van der Waals surface area contributed by atoms with Crippen LogP contribution < -0.4 is 9.05 Å². The highest BCUT2D eigenvalue weighted by Gasteiger charge is 2.51. The van der Waals surface area contributed by atoms with Crippen molar-refractivity contribution < 1.29 is 61.4 Å². The van der Waals surface area contributed by atoms with Crippen molar-refractivity contribution in [3.63, 3.8) is 0 Å². The summed E-state index contributed by atoms with van der Waals surface area (Å²) in [5, 5.41) is 41.8. The van der Waals surface area contributed by atoms with Gasteiger partial charge in [-0.3, -0.25) is 13.6 Å². The number of phosphoric ester groups is 2. The highest BCUT2D eigenvalue weighted by atomic mass is 31.2. The van der Waals surface area contributed by atoms with E-state index >= 15 is 0 Å². The van der Waals surface area contributed by atoms with E-state index in [2.05, 4.69) is 0 Å². The largest absolute Gasteiger partial charge is 0.532 e. The van der Waals surface area contributed by atoms with E-state index < -0.39 is 59.1 Å². The lowest BCUT2D eigenvalue weighted by molar-refractivity contribution is -0.293. The second-order valence-corrected chi connectivity index (χ2v) is 12.3. The molecular weight excluding hydrogens is 546 g/mol. The van der Waals surface area contributed by atoms with Crippen molar-refractivity contribution in [2.75, 3.05) is 6.61 Å². The molecule has 3 aliphatic heterocycles. The Morgan fingerprint density at radius 1 is 0.868 bits per heavy atom. The van der Waals surface area contributed by atoms with Crippen LogP contribution in [0.25, 0.3) is 0 Å². The molecule has 3 heterocycles. The molecule has 4 N–H and O–H groups in total. The standard InChI is InChI=1S/C23H28O13P2/c1-12-5-3-7-17-14(12)9-30-37(28,34-17)32-11-16(24)22-20(26)19(25)21(27)23(33-22)36-38(29)31-10-15-13(2)6-4-8-18(15)35-38/h3-8,16,19-27H,9-11H2,1-2H3/t16-,19+,20+,21+,22-,23+,37?,38?/m1/s1. The quantitative estimate of drug-likeness (QED) is 0.369. The van der Waals surface area contributed by atoms with E-state index in [0.717, 1.165) is 11.1 Å². The van der Waals surface area contributed by atoms with Crippen molar-refractivity contribution in [2.24, 2.45) is 0 Å². The van der Waals surface area contributed by atoms with E-state index in [9.17, 15) is 29.6 Å². The van der Waals surface area contributed by atoms with Crippen LogP contribution in [-0.2, 0) is 45.2 Å². The summed E-state index contributed by atoms with van der Waals surface area (Å²) >= 11 is 0. The first kappa shape index (κ1) is 27.7. The fraction of sp³-hybridized carbons (Fsp3) is 0.478. The number of phosphoric acid groups is 2. The molecule has 2 aromatic rings. The molecule has 2 aromatic carbocycles. The number of benzene rings is 2. The van der Waals surface area contributed by atoms with Crippen LogP contribution in [0.15, 0.2) is 36.4 Å². The van der Waals surface area contributed by atoms with Gasteiger partial charge in [-0.15, -0.1) is 0 Å². The third-order valence-electron chi connectivity index (χ3n) is 6.51. The molecule has 0 aliphatic carbocycles. The molecule has 38 heavy (non-hydrogen) atoms. The zero-order chi connectivity index (χ0) is 27.2. The lowest BCUT2D eigenvalue weighted by Gasteiger charge is -2.42. The molecule has 3 aliphatic rings. The Hall–Kier alpha value is -1.86. The Morgan fingerprint density at radius 2 is 1.42 bits per heavy atom. The predicted molar refractivity (Wildman–Crippen MR) is 128 cm³/mol. The number of aryl methyl sites for hydroxylation is 2. The molecule has 1 saturated heterocycles. The van der Waals surface area contributed by atoms with Gasteiger partial charge in [0.25, 0.3) is 0 Å². The zero-order valence-electron chi connectivity index (χ0n) is 20.4. The fourth-order valence-corrected chi connectivity index (χ4v) is 6.76. The summed E-state index contributed by atoms with van der Waals surface area (Å²) in [5.74, 6) is 0.563. The number of hydrogen-bond acceptors (Lipinski definition) is 13. The first-order chi connectivity index (χ1) is 18.0. The molecule has 0 radical (unpaired) electrons. The third-order valence-corrected chi connectivity index (χ3v) is 9.17. The van der Waals surface area contributed by atoms with Crippen LogP contribution in [0.2, 0.25) is 0 Å². The maximum atomic E-state index is 13.1. The molecule has 0 saturated carbocycles. The summed E-state index contributed by atoms with van der Waals surface area (Å²) in [7, 11) is -8.47. The maximum Gasteiger partial charge on any atom is 0.532 e. The molecule has 0 bridgehead atoms. The summed E-state index contributed by atoms with van der Waals surface area (Å²) in [4.78, 5) is 0. The van der Waals surface area contributed by atoms with E-state index in [-0.39, 0.29) is 19.0 Å². The van der Waals surface area contributed by atoms with Gasteiger partial charge in [-0.05, 0) is 37.1 Å². The number of aliphatic hydroxyl groups is 4. The molecule has 0 spiro atoms. The summed E-state index contributed by atoms with van der Waals surface area (Å²) < 4.78 is 63.4. The molecule has 0 amide bonds. The molecule has 2 unspecified atom stereocenters. The SMILES string of the molecule is Cc1cccc2c1COP(=O)(OC[C@@H](O)[C@H]1O[C@@H](OP3(=O)OCc4c(C)cccc4O3)[C@@H](O)[C@@H](O)[C@@H]1O)O2. The Balaban J connectivity index is 1.25. The van der Waals surface area contributed by atoms with E-state index in [1.54, 1.807) is 24.3 Å². The van der Waals surface area contributed by atoms with Crippen LogP contribution in [0.3, 0.4) is 0 Å². The Morgan fingerprint density at radius 3 is 2.03 bits per heavy atom. The molecular formula is C23H28O13P2. The van der Waals surface area contributed by atoms with Crippen molar-refractivity contribution in [1.82, 2.24) is 0 Å². The lowest BCUT2D eigenvalue weighted by Crippen LogP contribution is -2.61. The smallest absolute Gasteiger partial charge is 0.404 e. The minimum Gasteiger partial charge on any atom is -0.404 e. The Kier molecular flexibility index (Phi) is 7.73. The first-order valence-corrected chi connectivity index (χ1v) is 14.7. The van der Waals surface area contributed by atoms with Gasteiger partial charge >= 0.3 is 15.6 Å². The molecule has 0 aromatic heterocycles. The van der Waals surface area contributed by atoms with Crippen molar-refractivity contribution in [3.8, 4) is 11.5 Å². The van der Waals surface area contributed by atoms with E-state index in [1.807, 2.05) is 26.0 Å². The summed E-state index contributed by atoms with van der Waals surface area (Å²) in [6.45, 7) is 2.79. The van der Waals surface area contributed by atoms with E-state index in [0.29, 0.717) is 16.9 Å². The number of aliphatic hydroxyl groups excluding tert-OH is 4. The van der Waals surface area contributed by atoms with Crippen LogP contribution in [0.5, 0.6) is 11.5 Å². The van der Waals surface area contributed by atoms with Crippen LogP contribution in [0, 0.1) is 13.8 Å². The average molecular weight is 574 g/mol. The number of fused-ring (bicyclic) bond motifs is 2. The molecule has 15 heteroatoms. The Labute approximate surface area is 218 Å². The first-order valence-electron chi connectivity index (χ1n) is 11.7. The molecule has 13 nitrogen and oxygen atoms in total. The van der Waals surface area contributed by atoms with Crippen LogP contribution in [-0.4, -0.2) is 63.8 Å². The topological polar surface area (TPSA) is 180 Å². The number of hydrogen-bond donors (Lipinski definition) is 4. The van der Waals surface area contributed by atoms with Crippen molar-refractivity contribution in [2.45, 2.75) is 63.9 Å². The molecule has 8 atom stereocenters. The monoisotopic (exact) mass is 574 g/mol. The third kappa shape index (κ3) is 5.42. The van der Waals surface area contributed by atoms with Crippen molar-refractivity contribution >= 4 is 15.6 Å². The summed E-state index contributed by atoms with van der Waals surface area (Å²) in [6, 6.07) is 10.2. The van der Waals surface area contributed by atoms with Gasteiger partial charge < -0.3 is 34.2 Å². The van der Waals surface area contributed by atoms with Gasteiger partial charge in [0.1, 0.15) is 42.0 Å². The van der Waals surface area contributed by atoms with Gasteiger partial charge in [0, 0.05) is 11.1 Å². The van der Waals surface area contributed by atoms with Gasteiger partial charge in [-0.1, -0.05) is 24.3 Å². The second kappa shape index (κ2) is 10.6. The van der Waals surface area contributed by atoms with E-state index in [1.165, 1.54) is 0 Å². The highest BCUT2D eigenvalue weighted by molar-refractivity contribution is 7.49. The van der Waals surface area contributed by atoms with Gasteiger partial charge in [0.2, 0.25) is 0 Å². The van der Waals surface area contributed by atoms with Crippen LogP contribution in [0.1, 0.15) is 22.3 Å². The van der Waals surface area contributed by atoms with Gasteiger partial charge in [-0.25, -0.2) is 13.7 Å². The maximum absolute atomic E-state index is 13.1. The molecule has 208 valence electrons. The average Bonchev–Trinajstić information content (AvgIpc) is 2.87. The van der Waals surface area contributed by atoms with Gasteiger partial charge in [0.05, 0.1) is 19.8 Å². The second-order valence-electron chi connectivity index (χ2n) is 9.14. The van der Waals surface area contributed by atoms with Gasteiger partial charge in [0.15, 0.2) is 6.29 Å². The van der Waals surface area contributed by atoms with Crippen LogP contribution in [0.4, 0.5) is 0 Å². The van der Waals surface area contributed by atoms with E-state index in [4.69, 9.17) is 31.9 Å². The fourth-order valence-electron chi connectivity index (χ4n) is 4.26. The highest BCUT2D eigenvalue weighted by Crippen LogP contribution is 2.57. The lowest BCUT2D eigenvalue weighted by atomic mass is 9.96. The van der Waals surface area contributed by atoms with Gasteiger partial charge in [-0.2, -0.15) is 0 Å². The van der Waals surface area contributed by atoms with Crippen molar-refractivity contribution in [3.05, 3.63) is 58.7 Å². The number of ether oxygens (including phenoxy) is 1. The minimum absolute atomic E-state index is 0.0449. The number of rotatable bonds is 6. The Bertz CT molecular complexity index is 1290. The minimum atomic E-state index is -4.33.